The molecule has 0 unspecified atom stereocenters. The van der Waals surface area contributed by atoms with Crippen LogP contribution in [0.25, 0.3) is 0 Å². The van der Waals surface area contributed by atoms with E-state index in [0.29, 0.717) is 6.54 Å². The van der Waals surface area contributed by atoms with E-state index in [1.54, 1.807) is 6.92 Å². The van der Waals surface area contributed by atoms with Crippen molar-refractivity contribution in [2.24, 2.45) is 5.73 Å². The van der Waals surface area contributed by atoms with Crippen molar-refractivity contribution in [1.82, 2.24) is 5.32 Å². The Morgan fingerprint density at radius 3 is 2.60 bits per heavy atom. The van der Waals surface area contributed by atoms with Crippen molar-refractivity contribution in [2.75, 3.05) is 13.7 Å². The molecule has 0 radical (unpaired) electrons. The SMILES string of the molecule is COC(=O)N[C@@H](C)CN.Cl. The van der Waals surface area contributed by atoms with Gasteiger partial charge in [0, 0.05) is 12.6 Å². The van der Waals surface area contributed by atoms with Crippen LogP contribution < -0.4 is 11.1 Å². The summed E-state index contributed by atoms with van der Waals surface area (Å²) in [6, 6.07) is -0.0163. The van der Waals surface area contributed by atoms with Gasteiger partial charge in [0.15, 0.2) is 0 Å². The molecular formula is C5H13ClN2O2. The highest BCUT2D eigenvalue weighted by atomic mass is 35.5. The van der Waals surface area contributed by atoms with E-state index in [2.05, 4.69) is 10.1 Å². The molecule has 0 aromatic carbocycles. The van der Waals surface area contributed by atoms with E-state index >= 15 is 0 Å². The Morgan fingerprint density at radius 1 is 1.80 bits per heavy atom. The maximum absolute atomic E-state index is 10.4. The van der Waals surface area contributed by atoms with Crippen LogP contribution in [0.4, 0.5) is 4.79 Å². The molecule has 1 atom stereocenters. The highest BCUT2D eigenvalue weighted by molar-refractivity contribution is 5.85. The zero-order valence-electron chi connectivity index (χ0n) is 6.09. The largest absolute Gasteiger partial charge is 0.453 e. The van der Waals surface area contributed by atoms with Gasteiger partial charge in [-0.25, -0.2) is 4.79 Å². The minimum atomic E-state index is -0.437. The Morgan fingerprint density at radius 2 is 2.30 bits per heavy atom. The Labute approximate surface area is 66.5 Å². The van der Waals surface area contributed by atoms with E-state index in [1.165, 1.54) is 7.11 Å². The monoisotopic (exact) mass is 168 g/mol. The maximum Gasteiger partial charge on any atom is 0.407 e. The molecule has 0 aromatic rings. The van der Waals surface area contributed by atoms with Gasteiger partial charge in [0.25, 0.3) is 0 Å². The average Bonchev–Trinajstić information content (AvgIpc) is 1.87. The first-order chi connectivity index (χ1) is 4.20. The number of rotatable bonds is 2. The fourth-order valence-electron chi connectivity index (χ4n) is 0.319. The molecule has 0 saturated heterocycles. The molecule has 0 fully saturated rings. The number of amides is 1. The number of nitrogens with one attached hydrogen (secondary N) is 1. The maximum atomic E-state index is 10.4. The quantitative estimate of drug-likeness (QED) is 0.615. The molecule has 5 heteroatoms. The lowest BCUT2D eigenvalue weighted by molar-refractivity contribution is 0.167. The highest BCUT2D eigenvalue weighted by Gasteiger charge is 2.02. The van der Waals surface area contributed by atoms with E-state index in [0.717, 1.165) is 0 Å². The molecule has 3 N–H and O–H groups in total. The minimum Gasteiger partial charge on any atom is -0.453 e. The number of alkyl carbamates (subject to hydrolysis) is 1. The third-order valence-corrected chi connectivity index (χ3v) is 0.903. The van der Waals surface area contributed by atoms with Crippen molar-refractivity contribution in [3.63, 3.8) is 0 Å². The first-order valence-corrected chi connectivity index (χ1v) is 2.75. The standard InChI is InChI=1S/C5H12N2O2.ClH/c1-4(3-6)7-5(8)9-2;/h4H,3,6H2,1-2H3,(H,7,8);1H/t4-;/m0./s1. The second-order valence-electron chi connectivity index (χ2n) is 1.77. The molecule has 10 heavy (non-hydrogen) atoms. The van der Waals surface area contributed by atoms with Crippen LogP contribution in [0.15, 0.2) is 0 Å². The molecule has 0 aromatic heterocycles. The summed E-state index contributed by atoms with van der Waals surface area (Å²) in [5.74, 6) is 0. The fourth-order valence-corrected chi connectivity index (χ4v) is 0.319. The molecule has 0 aliphatic heterocycles. The van der Waals surface area contributed by atoms with Gasteiger partial charge in [-0.1, -0.05) is 0 Å². The summed E-state index contributed by atoms with van der Waals surface area (Å²) in [4.78, 5) is 10.4. The normalized spacial score (nSPS) is 11.1. The molecule has 0 aliphatic carbocycles. The van der Waals surface area contributed by atoms with Crippen LogP contribution in [0.5, 0.6) is 0 Å². The zero-order chi connectivity index (χ0) is 7.28. The number of nitrogens with two attached hydrogens (primary N) is 1. The van der Waals surface area contributed by atoms with Crippen LogP contribution in [0.3, 0.4) is 0 Å². The topological polar surface area (TPSA) is 64.3 Å². The van der Waals surface area contributed by atoms with Crippen LogP contribution in [-0.2, 0) is 4.74 Å². The first-order valence-electron chi connectivity index (χ1n) is 2.75. The van der Waals surface area contributed by atoms with E-state index in [1.807, 2.05) is 0 Å². The van der Waals surface area contributed by atoms with Crippen molar-refractivity contribution >= 4 is 18.5 Å². The van der Waals surface area contributed by atoms with Crippen molar-refractivity contribution < 1.29 is 9.53 Å². The van der Waals surface area contributed by atoms with Gasteiger partial charge in [-0.3, -0.25) is 0 Å². The van der Waals surface area contributed by atoms with Crippen LogP contribution in [0.2, 0.25) is 0 Å². The van der Waals surface area contributed by atoms with Gasteiger partial charge in [0.05, 0.1) is 7.11 Å². The Kier molecular flexibility index (Phi) is 8.11. The van der Waals surface area contributed by atoms with Crippen molar-refractivity contribution in [3.05, 3.63) is 0 Å². The smallest absolute Gasteiger partial charge is 0.407 e. The fraction of sp³-hybridized carbons (Fsp3) is 0.800. The van der Waals surface area contributed by atoms with E-state index in [-0.39, 0.29) is 18.4 Å². The molecule has 0 bridgehead atoms. The van der Waals surface area contributed by atoms with Gasteiger partial charge in [0.2, 0.25) is 0 Å². The number of methoxy groups -OCH3 is 1. The van der Waals surface area contributed by atoms with Gasteiger partial charge < -0.3 is 15.8 Å². The summed E-state index contributed by atoms with van der Waals surface area (Å²) in [5.41, 5.74) is 5.20. The number of ether oxygens (including phenoxy) is 1. The summed E-state index contributed by atoms with van der Waals surface area (Å²) in [7, 11) is 1.32. The van der Waals surface area contributed by atoms with Crippen molar-refractivity contribution in [1.29, 1.82) is 0 Å². The third-order valence-electron chi connectivity index (χ3n) is 0.903. The molecule has 4 nitrogen and oxygen atoms in total. The molecule has 0 saturated carbocycles. The predicted octanol–water partition coefficient (Wildman–Crippen LogP) is 0.111. The molecule has 62 valence electrons. The van der Waals surface area contributed by atoms with Crippen molar-refractivity contribution in [3.8, 4) is 0 Å². The highest BCUT2D eigenvalue weighted by Crippen LogP contribution is 1.77. The van der Waals surface area contributed by atoms with Crippen LogP contribution >= 0.6 is 12.4 Å². The number of carbonyl (C=O) groups excluding carboxylic acids is 1. The molecular weight excluding hydrogens is 156 g/mol. The summed E-state index contributed by atoms with van der Waals surface area (Å²) in [6.45, 7) is 2.23. The van der Waals surface area contributed by atoms with Gasteiger partial charge >= 0.3 is 6.09 Å². The first kappa shape index (κ1) is 12.2. The van der Waals surface area contributed by atoms with Gasteiger partial charge in [-0.2, -0.15) is 0 Å². The van der Waals surface area contributed by atoms with Crippen LogP contribution in [-0.4, -0.2) is 25.8 Å². The average molecular weight is 169 g/mol. The van der Waals surface area contributed by atoms with E-state index < -0.39 is 6.09 Å². The molecule has 0 aliphatic rings. The lowest BCUT2D eigenvalue weighted by Crippen LogP contribution is -2.37. The molecule has 1 amide bonds. The van der Waals surface area contributed by atoms with E-state index in [9.17, 15) is 4.79 Å². The van der Waals surface area contributed by atoms with Gasteiger partial charge in [0.1, 0.15) is 0 Å². The summed E-state index contributed by atoms with van der Waals surface area (Å²) in [5, 5.41) is 2.49. The third kappa shape index (κ3) is 5.65. The summed E-state index contributed by atoms with van der Waals surface area (Å²) >= 11 is 0. The second kappa shape index (κ2) is 6.64. The predicted molar refractivity (Wildman–Crippen MR) is 41.3 cm³/mol. The number of hydrogen-bond acceptors (Lipinski definition) is 3. The number of carbonyl (C=O) groups is 1. The van der Waals surface area contributed by atoms with Gasteiger partial charge in [-0.05, 0) is 6.92 Å². The molecule has 0 spiro atoms. The lowest BCUT2D eigenvalue weighted by atomic mass is 10.3. The summed E-state index contributed by atoms with van der Waals surface area (Å²) < 4.78 is 4.32. The zero-order valence-corrected chi connectivity index (χ0v) is 6.90. The lowest BCUT2D eigenvalue weighted by Gasteiger charge is -2.08. The van der Waals surface area contributed by atoms with Crippen LogP contribution in [0, 0.1) is 0 Å². The Bertz CT molecular complexity index is 99.6. The minimum absolute atomic E-state index is 0. The number of hydrogen-bond donors (Lipinski definition) is 2. The Balaban J connectivity index is 0. The summed E-state index contributed by atoms with van der Waals surface area (Å²) in [6.07, 6.45) is -0.437. The molecule has 0 heterocycles. The van der Waals surface area contributed by atoms with Crippen molar-refractivity contribution in [2.45, 2.75) is 13.0 Å². The van der Waals surface area contributed by atoms with Crippen LogP contribution in [0.1, 0.15) is 6.92 Å². The second-order valence-corrected chi connectivity index (χ2v) is 1.77. The Hall–Kier alpha value is -0.480. The molecule has 0 rings (SSSR count). The van der Waals surface area contributed by atoms with Gasteiger partial charge in [-0.15, -0.1) is 12.4 Å². The number of halogens is 1. The van der Waals surface area contributed by atoms with E-state index in [4.69, 9.17) is 5.73 Å².